The quantitative estimate of drug-likeness (QED) is 0.794. The maximum atomic E-state index is 11.3. The predicted molar refractivity (Wildman–Crippen MR) is 59.7 cm³/mol. The van der Waals surface area contributed by atoms with Crippen molar-refractivity contribution in [3.63, 3.8) is 0 Å². The van der Waals surface area contributed by atoms with E-state index in [9.17, 15) is 14.7 Å². The summed E-state index contributed by atoms with van der Waals surface area (Å²) in [6, 6.07) is 9.27. The zero-order valence-corrected chi connectivity index (χ0v) is 9.48. The molecule has 2 aliphatic rings. The van der Waals surface area contributed by atoms with Crippen molar-refractivity contribution in [1.29, 1.82) is 0 Å². The van der Waals surface area contributed by atoms with Crippen LogP contribution in [0.15, 0.2) is 30.3 Å². The molecule has 2 aliphatic heterocycles. The average molecular weight is 248 g/mol. The van der Waals surface area contributed by atoms with Crippen LogP contribution in [-0.4, -0.2) is 29.4 Å². The summed E-state index contributed by atoms with van der Waals surface area (Å²) in [6.45, 7) is 0. The number of carboxylic acid groups (broad SMARTS) is 1. The number of ether oxygens (including phenoxy) is 2. The van der Waals surface area contributed by atoms with Crippen molar-refractivity contribution in [2.75, 3.05) is 0 Å². The van der Waals surface area contributed by atoms with Crippen LogP contribution in [0.25, 0.3) is 0 Å². The van der Waals surface area contributed by atoms with E-state index in [1.807, 2.05) is 30.3 Å². The van der Waals surface area contributed by atoms with Crippen molar-refractivity contribution in [1.82, 2.24) is 0 Å². The first-order chi connectivity index (χ1) is 8.66. The summed E-state index contributed by atoms with van der Waals surface area (Å²) >= 11 is 0. The highest BCUT2D eigenvalue weighted by Crippen LogP contribution is 2.45. The van der Waals surface area contributed by atoms with E-state index in [1.54, 1.807) is 0 Å². The smallest absolute Gasteiger partial charge is 0.333 e. The molecule has 0 saturated carbocycles. The lowest BCUT2D eigenvalue weighted by atomic mass is 9.83. The Hall–Kier alpha value is -1.88. The number of carbonyl (C=O) groups excluding carboxylic acids is 1. The Morgan fingerprint density at radius 2 is 2.00 bits per heavy atom. The van der Waals surface area contributed by atoms with Crippen LogP contribution in [0.5, 0.6) is 0 Å². The van der Waals surface area contributed by atoms with E-state index in [0.29, 0.717) is 0 Å². The molecule has 0 spiro atoms. The fourth-order valence-corrected chi connectivity index (χ4v) is 2.74. The molecule has 5 heteroatoms. The van der Waals surface area contributed by atoms with E-state index in [2.05, 4.69) is 0 Å². The molecule has 0 bridgehead atoms. The highest BCUT2D eigenvalue weighted by molar-refractivity contribution is 5.77. The van der Waals surface area contributed by atoms with Crippen molar-refractivity contribution in [2.24, 2.45) is 5.92 Å². The Kier molecular flexibility index (Phi) is 2.56. The van der Waals surface area contributed by atoms with Gasteiger partial charge in [-0.2, -0.15) is 0 Å². The number of hydrogen-bond acceptors (Lipinski definition) is 4. The van der Waals surface area contributed by atoms with Crippen molar-refractivity contribution >= 4 is 11.9 Å². The van der Waals surface area contributed by atoms with Gasteiger partial charge in [0.25, 0.3) is 0 Å². The molecule has 2 heterocycles. The third-order valence-electron chi connectivity index (χ3n) is 3.50. The number of esters is 1. The molecule has 0 aliphatic carbocycles. The van der Waals surface area contributed by atoms with Gasteiger partial charge in [-0.05, 0) is 5.56 Å². The summed E-state index contributed by atoms with van der Waals surface area (Å²) in [7, 11) is 0. The van der Waals surface area contributed by atoms with E-state index < -0.39 is 18.4 Å². The zero-order valence-electron chi connectivity index (χ0n) is 9.48. The molecule has 2 fully saturated rings. The second-order valence-electron chi connectivity index (χ2n) is 4.56. The highest BCUT2D eigenvalue weighted by atomic mass is 16.7. The van der Waals surface area contributed by atoms with Crippen molar-refractivity contribution in [3.05, 3.63) is 35.9 Å². The lowest BCUT2D eigenvalue weighted by Crippen LogP contribution is -2.27. The van der Waals surface area contributed by atoms with Gasteiger partial charge < -0.3 is 14.6 Å². The van der Waals surface area contributed by atoms with Crippen molar-refractivity contribution in [3.8, 4) is 0 Å². The Balaban J connectivity index is 1.97. The van der Waals surface area contributed by atoms with E-state index >= 15 is 0 Å². The topological polar surface area (TPSA) is 72.8 Å². The number of aliphatic carboxylic acids is 1. The first-order valence-electron chi connectivity index (χ1n) is 5.79. The molecule has 1 aromatic rings. The molecule has 0 amide bonds. The van der Waals surface area contributed by atoms with Gasteiger partial charge in [0.2, 0.25) is 6.29 Å². The minimum atomic E-state index is -1.02. The third-order valence-corrected chi connectivity index (χ3v) is 3.50. The van der Waals surface area contributed by atoms with E-state index in [0.717, 1.165) is 5.56 Å². The fraction of sp³-hybridized carbons (Fsp3) is 0.385. The molecule has 0 unspecified atom stereocenters. The summed E-state index contributed by atoms with van der Waals surface area (Å²) in [6.07, 6.45) is -1.45. The van der Waals surface area contributed by atoms with Gasteiger partial charge in [0, 0.05) is 11.8 Å². The number of fused-ring (bicyclic) bond motifs is 1. The standard InChI is InChI=1S/C13H12O5/c14-9-6-8-10(7-4-2-1-3-5-7)11(12(15)16)18-13(8)17-9/h1-5,8,10-11,13H,6H2,(H,15,16)/t8-,10+,11-,13+/m1/s1. The summed E-state index contributed by atoms with van der Waals surface area (Å²) in [4.78, 5) is 22.5. The molecule has 4 atom stereocenters. The van der Waals surface area contributed by atoms with Gasteiger partial charge in [0.1, 0.15) is 0 Å². The molecule has 1 aromatic carbocycles. The number of rotatable bonds is 2. The van der Waals surface area contributed by atoms with Gasteiger partial charge in [-0.3, -0.25) is 4.79 Å². The first kappa shape index (κ1) is 11.2. The van der Waals surface area contributed by atoms with E-state index in [1.165, 1.54) is 0 Å². The van der Waals surface area contributed by atoms with E-state index in [-0.39, 0.29) is 24.2 Å². The van der Waals surface area contributed by atoms with Gasteiger partial charge in [-0.15, -0.1) is 0 Å². The zero-order chi connectivity index (χ0) is 12.7. The summed E-state index contributed by atoms with van der Waals surface area (Å²) in [5.41, 5.74) is 0.871. The molecule has 0 aromatic heterocycles. The molecule has 94 valence electrons. The molecular formula is C13H12O5. The third kappa shape index (κ3) is 1.67. The minimum Gasteiger partial charge on any atom is -0.479 e. The van der Waals surface area contributed by atoms with E-state index in [4.69, 9.17) is 9.47 Å². The summed E-state index contributed by atoms with van der Waals surface area (Å²) in [5.74, 6) is -1.88. The van der Waals surface area contributed by atoms with Gasteiger partial charge in [-0.1, -0.05) is 30.3 Å². The Morgan fingerprint density at radius 3 is 2.67 bits per heavy atom. The van der Waals surface area contributed by atoms with Crippen LogP contribution >= 0.6 is 0 Å². The lowest BCUT2D eigenvalue weighted by molar-refractivity contribution is -0.175. The largest absolute Gasteiger partial charge is 0.479 e. The summed E-state index contributed by atoms with van der Waals surface area (Å²) < 4.78 is 10.3. The molecule has 0 radical (unpaired) electrons. The van der Waals surface area contributed by atoms with Crippen LogP contribution in [0, 0.1) is 5.92 Å². The normalized spacial score (nSPS) is 34.1. The van der Waals surface area contributed by atoms with Gasteiger partial charge in [0.15, 0.2) is 6.10 Å². The molecule has 3 rings (SSSR count). The van der Waals surface area contributed by atoms with Crippen LogP contribution in [-0.2, 0) is 19.1 Å². The van der Waals surface area contributed by atoms with Crippen LogP contribution in [0.3, 0.4) is 0 Å². The van der Waals surface area contributed by atoms with Gasteiger partial charge in [0.05, 0.1) is 6.42 Å². The Labute approximate surface area is 103 Å². The number of carboxylic acids is 1. The summed E-state index contributed by atoms with van der Waals surface area (Å²) in [5, 5.41) is 9.20. The van der Waals surface area contributed by atoms with Gasteiger partial charge in [-0.25, -0.2) is 4.79 Å². The maximum absolute atomic E-state index is 11.3. The monoisotopic (exact) mass is 248 g/mol. The molecule has 2 saturated heterocycles. The lowest BCUT2D eigenvalue weighted by Gasteiger charge is -2.18. The average Bonchev–Trinajstić information content (AvgIpc) is 2.85. The first-order valence-corrected chi connectivity index (χ1v) is 5.79. The minimum absolute atomic E-state index is 0.207. The van der Waals surface area contributed by atoms with Crippen molar-refractivity contribution in [2.45, 2.75) is 24.7 Å². The molecular weight excluding hydrogens is 236 g/mol. The van der Waals surface area contributed by atoms with Gasteiger partial charge >= 0.3 is 11.9 Å². The SMILES string of the molecule is O=C1C[C@H]2[C@@H](O1)O[C@@H](C(=O)O)[C@H]2c1ccccc1. The molecule has 5 nitrogen and oxygen atoms in total. The van der Waals surface area contributed by atoms with Crippen molar-refractivity contribution < 1.29 is 24.2 Å². The molecule has 18 heavy (non-hydrogen) atoms. The molecule has 1 N–H and O–H groups in total. The van der Waals surface area contributed by atoms with Crippen LogP contribution in [0.2, 0.25) is 0 Å². The van der Waals surface area contributed by atoms with Crippen LogP contribution in [0.4, 0.5) is 0 Å². The maximum Gasteiger partial charge on any atom is 0.333 e. The Morgan fingerprint density at radius 1 is 1.28 bits per heavy atom. The number of benzene rings is 1. The van der Waals surface area contributed by atoms with Crippen LogP contribution in [0.1, 0.15) is 17.9 Å². The number of carbonyl (C=O) groups is 2. The Bertz CT molecular complexity index is 483. The highest BCUT2D eigenvalue weighted by Gasteiger charge is 2.54. The fourth-order valence-electron chi connectivity index (χ4n) is 2.74. The van der Waals surface area contributed by atoms with Crippen LogP contribution < -0.4 is 0 Å². The predicted octanol–water partition coefficient (Wildman–Crippen LogP) is 1.14. The number of hydrogen-bond donors (Lipinski definition) is 1. The second kappa shape index (κ2) is 4.10. The second-order valence-corrected chi connectivity index (χ2v) is 4.56.